The summed E-state index contributed by atoms with van der Waals surface area (Å²) in [5.41, 5.74) is 1.59. The molecule has 24 heavy (non-hydrogen) atoms. The first-order chi connectivity index (χ1) is 11.0. The van der Waals surface area contributed by atoms with E-state index in [0.29, 0.717) is 12.1 Å². The number of halogens is 1. The molecule has 6 heteroatoms. The fraction of sp³-hybridized carbons (Fsp3) is 0.556. The highest BCUT2D eigenvalue weighted by Crippen LogP contribution is 2.15. The predicted molar refractivity (Wildman–Crippen MR) is 105 cm³/mol. The SMILES string of the molecule is COC(=O)c1ccccc1CN1CCCN(C(=O)C(C)C)CC1.I. The average molecular weight is 446 g/mol. The van der Waals surface area contributed by atoms with Gasteiger partial charge < -0.3 is 9.64 Å². The van der Waals surface area contributed by atoms with Gasteiger partial charge in [0.15, 0.2) is 0 Å². The van der Waals surface area contributed by atoms with Crippen LogP contribution in [0, 0.1) is 5.92 Å². The third-order valence-electron chi connectivity index (χ3n) is 4.21. The van der Waals surface area contributed by atoms with Gasteiger partial charge in [0.2, 0.25) is 5.91 Å². The van der Waals surface area contributed by atoms with Crippen molar-refractivity contribution in [2.75, 3.05) is 33.3 Å². The van der Waals surface area contributed by atoms with Crippen molar-refractivity contribution in [2.45, 2.75) is 26.8 Å². The Labute approximate surface area is 161 Å². The van der Waals surface area contributed by atoms with Crippen molar-refractivity contribution in [3.05, 3.63) is 35.4 Å². The van der Waals surface area contributed by atoms with E-state index in [2.05, 4.69) is 4.90 Å². The first-order valence-corrected chi connectivity index (χ1v) is 8.20. The zero-order valence-corrected chi connectivity index (χ0v) is 17.0. The monoisotopic (exact) mass is 446 g/mol. The molecule has 134 valence electrons. The Hall–Kier alpha value is -1.15. The lowest BCUT2D eigenvalue weighted by Gasteiger charge is -2.23. The van der Waals surface area contributed by atoms with Gasteiger partial charge in [-0.3, -0.25) is 9.69 Å². The maximum Gasteiger partial charge on any atom is 0.338 e. The van der Waals surface area contributed by atoms with Crippen LogP contribution in [0.1, 0.15) is 36.2 Å². The molecule has 1 aliphatic heterocycles. The fourth-order valence-electron chi connectivity index (χ4n) is 2.92. The molecule has 0 aliphatic carbocycles. The molecule has 0 unspecified atom stereocenters. The highest BCUT2D eigenvalue weighted by Gasteiger charge is 2.22. The zero-order chi connectivity index (χ0) is 16.8. The molecule has 1 aliphatic rings. The maximum atomic E-state index is 12.1. The van der Waals surface area contributed by atoms with Crippen LogP contribution in [0.15, 0.2) is 24.3 Å². The van der Waals surface area contributed by atoms with Gasteiger partial charge in [-0.15, -0.1) is 24.0 Å². The van der Waals surface area contributed by atoms with Crippen LogP contribution in [-0.4, -0.2) is 55.0 Å². The highest BCUT2D eigenvalue weighted by atomic mass is 127. The molecule has 1 aromatic carbocycles. The van der Waals surface area contributed by atoms with Gasteiger partial charge in [-0.1, -0.05) is 32.0 Å². The summed E-state index contributed by atoms with van der Waals surface area (Å²) in [7, 11) is 1.40. The highest BCUT2D eigenvalue weighted by molar-refractivity contribution is 14.0. The minimum absolute atomic E-state index is 0. The second kappa shape index (κ2) is 9.98. The minimum Gasteiger partial charge on any atom is -0.465 e. The lowest BCUT2D eigenvalue weighted by molar-refractivity contribution is -0.134. The molecule has 0 radical (unpaired) electrons. The topological polar surface area (TPSA) is 49.9 Å². The Kier molecular flexibility index (Phi) is 8.69. The van der Waals surface area contributed by atoms with Crippen molar-refractivity contribution >= 4 is 35.9 Å². The van der Waals surface area contributed by atoms with Crippen LogP contribution in [0.2, 0.25) is 0 Å². The molecule has 2 rings (SSSR count). The van der Waals surface area contributed by atoms with Crippen molar-refractivity contribution < 1.29 is 14.3 Å². The Morgan fingerprint density at radius 2 is 1.83 bits per heavy atom. The van der Waals surface area contributed by atoms with Gasteiger partial charge in [0, 0.05) is 38.6 Å². The first-order valence-electron chi connectivity index (χ1n) is 8.20. The summed E-state index contributed by atoms with van der Waals surface area (Å²) < 4.78 is 4.86. The molecule has 0 saturated carbocycles. The number of hydrogen-bond donors (Lipinski definition) is 0. The Morgan fingerprint density at radius 1 is 1.12 bits per heavy atom. The number of esters is 1. The van der Waals surface area contributed by atoms with Crippen LogP contribution < -0.4 is 0 Å². The summed E-state index contributed by atoms with van der Waals surface area (Å²) in [5, 5.41) is 0. The van der Waals surface area contributed by atoms with Crippen molar-refractivity contribution in [2.24, 2.45) is 5.92 Å². The number of nitrogens with zero attached hydrogens (tertiary/aromatic N) is 2. The van der Waals surface area contributed by atoms with Gasteiger partial charge in [-0.2, -0.15) is 0 Å². The Balaban J connectivity index is 0.00000288. The summed E-state index contributed by atoms with van der Waals surface area (Å²) in [6, 6.07) is 7.55. The summed E-state index contributed by atoms with van der Waals surface area (Å²) in [5.74, 6) is -0.0320. The molecule has 0 atom stereocenters. The molecule has 1 saturated heterocycles. The maximum absolute atomic E-state index is 12.1. The minimum atomic E-state index is -0.299. The van der Waals surface area contributed by atoms with E-state index in [1.807, 2.05) is 36.9 Å². The lowest BCUT2D eigenvalue weighted by atomic mass is 10.1. The number of rotatable bonds is 4. The van der Waals surface area contributed by atoms with Gasteiger partial charge in [0.05, 0.1) is 12.7 Å². The summed E-state index contributed by atoms with van der Waals surface area (Å²) in [6.45, 7) is 7.90. The molecule has 1 amide bonds. The van der Waals surface area contributed by atoms with E-state index in [1.54, 1.807) is 6.07 Å². The second-order valence-electron chi connectivity index (χ2n) is 6.26. The number of ether oxygens (including phenoxy) is 1. The van der Waals surface area contributed by atoms with E-state index in [-0.39, 0.29) is 41.8 Å². The smallest absolute Gasteiger partial charge is 0.338 e. The summed E-state index contributed by atoms with van der Waals surface area (Å²) in [6.07, 6.45) is 0.957. The van der Waals surface area contributed by atoms with E-state index in [4.69, 9.17) is 4.74 Å². The molecular weight excluding hydrogens is 419 g/mol. The standard InChI is InChI=1S/C18H26N2O3.HI/c1-14(2)17(21)20-10-6-9-19(11-12-20)13-15-7-4-5-8-16(15)18(22)23-3;/h4-5,7-8,14H,6,9-13H2,1-3H3;1H. The van der Waals surface area contributed by atoms with Gasteiger partial charge in [-0.05, 0) is 18.1 Å². The average Bonchev–Trinajstić information content (AvgIpc) is 2.79. The largest absolute Gasteiger partial charge is 0.465 e. The molecule has 1 fully saturated rings. The van der Waals surface area contributed by atoms with E-state index in [1.165, 1.54) is 7.11 Å². The summed E-state index contributed by atoms with van der Waals surface area (Å²) in [4.78, 5) is 28.3. The Morgan fingerprint density at radius 3 is 2.50 bits per heavy atom. The number of hydrogen-bond acceptors (Lipinski definition) is 4. The van der Waals surface area contributed by atoms with Crippen molar-refractivity contribution in [1.29, 1.82) is 0 Å². The van der Waals surface area contributed by atoms with Crippen LogP contribution in [0.5, 0.6) is 0 Å². The first kappa shape index (κ1) is 20.9. The van der Waals surface area contributed by atoms with Crippen LogP contribution in [0.3, 0.4) is 0 Å². The molecule has 0 bridgehead atoms. The molecular formula is C18H27IN2O3. The van der Waals surface area contributed by atoms with Crippen LogP contribution in [0.25, 0.3) is 0 Å². The number of amides is 1. The molecule has 0 spiro atoms. The molecule has 1 aromatic rings. The van der Waals surface area contributed by atoms with E-state index in [9.17, 15) is 9.59 Å². The van der Waals surface area contributed by atoms with Gasteiger partial charge in [0.25, 0.3) is 0 Å². The van der Waals surface area contributed by atoms with E-state index in [0.717, 1.165) is 38.2 Å². The van der Waals surface area contributed by atoms with Crippen molar-refractivity contribution in [1.82, 2.24) is 9.80 Å². The molecule has 0 aromatic heterocycles. The molecule has 0 N–H and O–H groups in total. The second-order valence-corrected chi connectivity index (χ2v) is 6.26. The van der Waals surface area contributed by atoms with Crippen LogP contribution >= 0.6 is 24.0 Å². The lowest BCUT2D eigenvalue weighted by Crippen LogP contribution is -2.37. The zero-order valence-electron chi connectivity index (χ0n) is 14.7. The van der Waals surface area contributed by atoms with Crippen LogP contribution in [0.4, 0.5) is 0 Å². The quantitative estimate of drug-likeness (QED) is 0.528. The van der Waals surface area contributed by atoms with Gasteiger partial charge in [-0.25, -0.2) is 4.79 Å². The van der Waals surface area contributed by atoms with E-state index >= 15 is 0 Å². The van der Waals surface area contributed by atoms with Gasteiger partial charge in [0.1, 0.15) is 0 Å². The predicted octanol–water partition coefficient (Wildman–Crippen LogP) is 2.78. The summed E-state index contributed by atoms with van der Waals surface area (Å²) >= 11 is 0. The van der Waals surface area contributed by atoms with Gasteiger partial charge >= 0.3 is 5.97 Å². The third kappa shape index (κ3) is 5.44. The number of benzene rings is 1. The number of methoxy groups -OCH3 is 1. The molecule has 5 nitrogen and oxygen atoms in total. The third-order valence-corrected chi connectivity index (χ3v) is 4.21. The van der Waals surface area contributed by atoms with E-state index < -0.39 is 0 Å². The normalized spacial score (nSPS) is 15.6. The Bertz CT molecular complexity index is 563. The van der Waals surface area contributed by atoms with Crippen molar-refractivity contribution in [3.8, 4) is 0 Å². The van der Waals surface area contributed by atoms with Crippen molar-refractivity contribution in [3.63, 3.8) is 0 Å². The number of carbonyl (C=O) groups is 2. The fourth-order valence-corrected chi connectivity index (χ4v) is 2.92. The molecule has 1 heterocycles. The number of carbonyl (C=O) groups excluding carboxylic acids is 2. The van der Waals surface area contributed by atoms with Crippen LogP contribution in [-0.2, 0) is 16.1 Å².